The van der Waals surface area contributed by atoms with Crippen LogP contribution < -0.4 is 15.0 Å². The number of anilines is 2. The molecule has 2 amide bonds. The quantitative estimate of drug-likeness (QED) is 0.661. The number of benzene rings is 2. The van der Waals surface area contributed by atoms with Crippen molar-refractivity contribution >= 4 is 34.8 Å². The number of halogens is 1. The molecule has 0 aromatic heterocycles. The van der Waals surface area contributed by atoms with Crippen LogP contribution in [-0.4, -0.2) is 24.0 Å². The average molecular weight is 429 g/mol. The molecule has 3 rings (SSSR count). The lowest BCUT2D eigenvalue weighted by Crippen LogP contribution is -2.54. The Morgan fingerprint density at radius 3 is 2.27 bits per heavy atom. The van der Waals surface area contributed by atoms with Crippen LogP contribution in [0.1, 0.15) is 64.5 Å². The number of hydrogen-bond acceptors (Lipinski definition) is 3. The molecule has 30 heavy (non-hydrogen) atoms. The molecule has 1 heterocycles. The molecular weight excluding hydrogens is 400 g/mol. The summed E-state index contributed by atoms with van der Waals surface area (Å²) < 4.78 is 5.84. The summed E-state index contributed by atoms with van der Waals surface area (Å²) in [6.07, 6.45) is 0. The van der Waals surface area contributed by atoms with E-state index >= 15 is 0 Å². The Morgan fingerprint density at radius 2 is 1.70 bits per heavy atom. The first-order valence-corrected chi connectivity index (χ1v) is 10.6. The second-order valence-corrected chi connectivity index (χ2v) is 9.22. The van der Waals surface area contributed by atoms with Crippen molar-refractivity contribution in [2.45, 2.75) is 59.0 Å². The number of hydrogen-bond donors (Lipinski definition) is 1. The minimum Gasteiger partial charge on any atom is -0.476 e. The SMILES string of the molecule is CC(C)c1cccc(C(C)C)c1NC(=O)CN1C(=O)C(C)(C)Oc2ccc(Cl)cc21. The highest BCUT2D eigenvalue weighted by Crippen LogP contribution is 2.39. The zero-order valence-electron chi connectivity index (χ0n) is 18.4. The summed E-state index contributed by atoms with van der Waals surface area (Å²) >= 11 is 6.14. The molecular formula is C24H29ClN2O3. The van der Waals surface area contributed by atoms with E-state index in [2.05, 4.69) is 33.0 Å². The van der Waals surface area contributed by atoms with Crippen molar-refractivity contribution in [1.82, 2.24) is 0 Å². The largest absolute Gasteiger partial charge is 0.476 e. The number of para-hydroxylation sites is 1. The summed E-state index contributed by atoms with van der Waals surface area (Å²) in [6.45, 7) is 11.7. The number of rotatable bonds is 5. The second-order valence-electron chi connectivity index (χ2n) is 8.78. The Hall–Kier alpha value is -2.53. The van der Waals surface area contributed by atoms with Gasteiger partial charge in [-0.2, -0.15) is 0 Å². The van der Waals surface area contributed by atoms with Gasteiger partial charge in [-0.1, -0.05) is 57.5 Å². The summed E-state index contributed by atoms with van der Waals surface area (Å²) in [4.78, 5) is 27.6. The van der Waals surface area contributed by atoms with Crippen LogP contribution in [0.25, 0.3) is 0 Å². The monoisotopic (exact) mass is 428 g/mol. The fourth-order valence-electron chi connectivity index (χ4n) is 3.72. The molecule has 6 heteroatoms. The maximum Gasteiger partial charge on any atom is 0.271 e. The van der Waals surface area contributed by atoms with Gasteiger partial charge in [-0.25, -0.2) is 0 Å². The van der Waals surface area contributed by atoms with Crippen LogP contribution in [-0.2, 0) is 9.59 Å². The molecule has 0 radical (unpaired) electrons. The van der Waals surface area contributed by atoms with Crippen LogP contribution in [0.5, 0.6) is 5.75 Å². The molecule has 0 atom stereocenters. The highest BCUT2D eigenvalue weighted by molar-refractivity contribution is 6.31. The molecule has 0 spiro atoms. The third-order valence-corrected chi connectivity index (χ3v) is 5.51. The molecule has 5 nitrogen and oxygen atoms in total. The molecule has 0 aliphatic carbocycles. The Kier molecular flexibility index (Phi) is 6.14. The lowest BCUT2D eigenvalue weighted by molar-refractivity contribution is -0.133. The standard InChI is InChI=1S/C24H29ClN2O3/c1-14(2)17-8-7-9-18(15(3)4)22(17)26-21(28)13-27-19-12-16(25)10-11-20(19)30-24(5,6)23(27)29/h7-12,14-15H,13H2,1-6H3,(H,26,28). The van der Waals surface area contributed by atoms with Gasteiger partial charge in [-0.05, 0) is 55.0 Å². The van der Waals surface area contributed by atoms with E-state index in [1.165, 1.54) is 4.90 Å². The highest BCUT2D eigenvalue weighted by Gasteiger charge is 2.41. The van der Waals surface area contributed by atoms with Crippen molar-refractivity contribution in [3.8, 4) is 5.75 Å². The van der Waals surface area contributed by atoms with Crippen molar-refractivity contribution in [2.75, 3.05) is 16.8 Å². The fraction of sp³-hybridized carbons (Fsp3) is 0.417. The molecule has 0 bridgehead atoms. The number of nitrogens with one attached hydrogen (secondary N) is 1. The van der Waals surface area contributed by atoms with E-state index in [-0.39, 0.29) is 30.2 Å². The van der Waals surface area contributed by atoms with Gasteiger partial charge in [-0.3, -0.25) is 14.5 Å². The summed E-state index contributed by atoms with van der Waals surface area (Å²) in [5, 5.41) is 3.55. The molecule has 1 aliphatic heterocycles. The number of carbonyl (C=O) groups excluding carboxylic acids is 2. The maximum absolute atomic E-state index is 13.1. The van der Waals surface area contributed by atoms with Gasteiger partial charge < -0.3 is 10.1 Å². The number of ether oxygens (including phenoxy) is 1. The molecule has 0 unspecified atom stereocenters. The van der Waals surface area contributed by atoms with E-state index in [0.29, 0.717) is 16.5 Å². The molecule has 2 aromatic rings. The lowest BCUT2D eigenvalue weighted by atomic mass is 9.92. The third kappa shape index (κ3) is 4.31. The molecule has 2 aromatic carbocycles. The van der Waals surface area contributed by atoms with E-state index < -0.39 is 5.60 Å². The minimum atomic E-state index is -1.07. The predicted molar refractivity (Wildman–Crippen MR) is 122 cm³/mol. The van der Waals surface area contributed by atoms with E-state index in [9.17, 15) is 9.59 Å². The van der Waals surface area contributed by atoms with Gasteiger partial charge in [0.15, 0.2) is 5.60 Å². The van der Waals surface area contributed by atoms with Gasteiger partial charge in [0.2, 0.25) is 5.91 Å². The number of amides is 2. The van der Waals surface area contributed by atoms with Crippen molar-refractivity contribution in [3.05, 3.63) is 52.5 Å². The van der Waals surface area contributed by atoms with Crippen molar-refractivity contribution in [2.24, 2.45) is 0 Å². The van der Waals surface area contributed by atoms with Gasteiger partial charge >= 0.3 is 0 Å². The van der Waals surface area contributed by atoms with Crippen molar-refractivity contribution < 1.29 is 14.3 Å². The second kappa shape index (κ2) is 8.31. The van der Waals surface area contributed by atoms with E-state index in [4.69, 9.17) is 16.3 Å². The van der Waals surface area contributed by atoms with E-state index in [1.54, 1.807) is 32.0 Å². The van der Waals surface area contributed by atoms with Crippen LogP contribution in [0.2, 0.25) is 5.02 Å². The number of nitrogens with zero attached hydrogens (tertiary/aromatic N) is 1. The molecule has 0 saturated heterocycles. The molecule has 0 saturated carbocycles. The fourth-order valence-corrected chi connectivity index (χ4v) is 3.88. The first-order valence-electron chi connectivity index (χ1n) is 10.2. The highest BCUT2D eigenvalue weighted by atomic mass is 35.5. The Morgan fingerprint density at radius 1 is 1.10 bits per heavy atom. The van der Waals surface area contributed by atoms with E-state index in [0.717, 1.165) is 16.8 Å². The number of carbonyl (C=O) groups is 2. The van der Waals surface area contributed by atoms with Crippen molar-refractivity contribution in [3.63, 3.8) is 0 Å². The van der Waals surface area contributed by atoms with Crippen LogP contribution in [0.4, 0.5) is 11.4 Å². The summed E-state index contributed by atoms with van der Waals surface area (Å²) in [6, 6.07) is 11.2. The molecule has 1 N–H and O–H groups in total. The van der Waals surface area contributed by atoms with Crippen LogP contribution in [0.15, 0.2) is 36.4 Å². The van der Waals surface area contributed by atoms with Crippen LogP contribution >= 0.6 is 11.6 Å². The van der Waals surface area contributed by atoms with Crippen molar-refractivity contribution in [1.29, 1.82) is 0 Å². The van der Waals surface area contributed by atoms with Gasteiger partial charge in [-0.15, -0.1) is 0 Å². The molecule has 1 aliphatic rings. The molecule has 0 fully saturated rings. The van der Waals surface area contributed by atoms with Crippen LogP contribution in [0.3, 0.4) is 0 Å². The predicted octanol–water partition coefficient (Wildman–Crippen LogP) is 5.73. The Labute approximate surface area is 183 Å². The van der Waals surface area contributed by atoms with E-state index in [1.807, 2.05) is 18.2 Å². The van der Waals surface area contributed by atoms with Gasteiger partial charge in [0.25, 0.3) is 5.91 Å². The zero-order valence-corrected chi connectivity index (χ0v) is 19.1. The van der Waals surface area contributed by atoms with Crippen LogP contribution in [0, 0.1) is 0 Å². The maximum atomic E-state index is 13.1. The average Bonchev–Trinajstić information content (AvgIpc) is 2.65. The summed E-state index contributed by atoms with van der Waals surface area (Å²) in [7, 11) is 0. The molecule has 160 valence electrons. The van der Waals surface area contributed by atoms with Gasteiger partial charge in [0.05, 0.1) is 5.69 Å². The number of fused-ring (bicyclic) bond motifs is 1. The minimum absolute atomic E-state index is 0.122. The smallest absolute Gasteiger partial charge is 0.271 e. The van der Waals surface area contributed by atoms with Gasteiger partial charge in [0.1, 0.15) is 12.3 Å². The topological polar surface area (TPSA) is 58.6 Å². The third-order valence-electron chi connectivity index (χ3n) is 5.28. The first kappa shape index (κ1) is 22.2. The lowest BCUT2D eigenvalue weighted by Gasteiger charge is -2.38. The normalized spacial score (nSPS) is 15.2. The first-order chi connectivity index (χ1) is 14.0. The van der Waals surface area contributed by atoms with Gasteiger partial charge in [0, 0.05) is 10.7 Å². The zero-order chi connectivity index (χ0) is 22.2. The Balaban J connectivity index is 1.94. The summed E-state index contributed by atoms with van der Waals surface area (Å²) in [5.41, 5.74) is 2.42. The Bertz CT molecular complexity index is 956. The summed E-state index contributed by atoms with van der Waals surface area (Å²) in [5.74, 6) is 0.489.